The van der Waals surface area contributed by atoms with Gasteiger partial charge in [0.15, 0.2) is 10.2 Å². The molecule has 0 bridgehead atoms. The van der Waals surface area contributed by atoms with Crippen LogP contribution in [0.25, 0.3) is 0 Å². The SMILES string of the molecule is COc1cnc(NC(=O)N2CC=C(C(F)(F)F)CC2)s1. The number of amides is 2. The fourth-order valence-corrected chi connectivity index (χ4v) is 2.32. The van der Waals surface area contributed by atoms with E-state index in [1.807, 2.05) is 0 Å². The Morgan fingerprint density at radius 2 is 2.30 bits per heavy atom. The van der Waals surface area contributed by atoms with Gasteiger partial charge in [-0.15, -0.1) is 0 Å². The highest BCUT2D eigenvalue weighted by molar-refractivity contribution is 7.17. The van der Waals surface area contributed by atoms with Crippen molar-refractivity contribution in [2.45, 2.75) is 12.6 Å². The fraction of sp³-hybridized carbons (Fsp3) is 0.455. The first-order valence-corrected chi connectivity index (χ1v) is 6.54. The zero-order valence-electron chi connectivity index (χ0n) is 10.5. The van der Waals surface area contributed by atoms with Gasteiger partial charge in [-0.1, -0.05) is 17.4 Å². The highest BCUT2D eigenvalue weighted by atomic mass is 32.1. The first kappa shape index (κ1) is 14.6. The van der Waals surface area contributed by atoms with Gasteiger partial charge >= 0.3 is 12.2 Å². The highest BCUT2D eigenvalue weighted by Crippen LogP contribution is 2.30. The van der Waals surface area contributed by atoms with E-state index >= 15 is 0 Å². The molecule has 0 radical (unpaired) electrons. The molecule has 110 valence electrons. The van der Waals surface area contributed by atoms with E-state index in [0.29, 0.717) is 10.2 Å². The zero-order chi connectivity index (χ0) is 14.8. The van der Waals surface area contributed by atoms with Gasteiger partial charge in [-0.3, -0.25) is 5.32 Å². The molecule has 0 saturated carbocycles. The molecule has 0 aliphatic carbocycles. The number of carbonyl (C=O) groups excluding carboxylic acids is 1. The third-order valence-electron chi connectivity index (χ3n) is 2.76. The van der Waals surface area contributed by atoms with Crippen LogP contribution in [-0.4, -0.2) is 42.3 Å². The number of rotatable bonds is 2. The van der Waals surface area contributed by atoms with E-state index in [-0.39, 0.29) is 19.5 Å². The van der Waals surface area contributed by atoms with Crippen molar-refractivity contribution in [2.75, 3.05) is 25.5 Å². The summed E-state index contributed by atoms with van der Waals surface area (Å²) in [6.07, 6.45) is -2.02. The van der Waals surface area contributed by atoms with Gasteiger partial charge in [0.2, 0.25) is 0 Å². The van der Waals surface area contributed by atoms with Crippen molar-refractivity contribution in [3.8, 4) is 5.06 Å². The molecule has 1 aliphatic rings. The second-order valence-corrected chi connectivity index (χ2v) is 5.04. The Labute approximate surface area is 117 Å². The number of anilines is 1. The quantitative estimate of drug-likeness (QED) is 0.855. The number of hydrogen-bond acceptors (Lipinski definition) is 4. The third kappa shape index (κ3) is 3.41. The molecule has 0 fully saturated rings. The van der Waals surface area contributed by atoms with Gasteiger partial charge in [-0.2, -0.15) is 13.2 Å². The van der Waals surface area contributed by atoms with Crippen molar-refractivity contribution in [1.29, 1.82) is 0 Å². The van der Waals surface area contributed by atoms with Gasteiger partial charge in [-0.25, -0.2) is 9.78 Å². The Kier molecular flexibility index (Phi) is 4.17. The van der Waals surface area contributed by atoms with E-state index < -0.39 is 17.8 Å². The molecule has 2 rings (SSSR count). The predicted octanol–water partition coefficient (Wildman–Crippen LogP) is 2.88. The summed E-state index contributed by atoms with van der Waals surface area (Å²) in [5, 5.41) is 3.41. The lowest BCUT2D eigenvalue weighted by Crippen LogP contribution is -2.39. The minimum atomic E-state index is -4.31. The molecule has 0 saturated heterocycles. The number of methoxy groups -OCH3 is 1. The Morgan fingerprint density at radius 1 is 1.55 bits per heavy atom. The topological polar surface area (TPSA) is 54.5 Å². The highest BCUT2D eigenvalue weighted by Gasteiger charge is 2.35. The van der Waals surface area contributed by atoms with E-state index in [1.165, 1.54) is 18.2 Å². The van der Waals surface area contributed by atoms with Gasteiger partial charge in [-0.05, 0) is 6.42 Å². The van der Waals surface area contributed by atoms with E-state index in [4.69, 9.17) is 4.74 Å². The summed E-state index contributed by atoms with van der Waals surface area (Å²) in [6, 6.07) is -0.473. The molecule has 0 aromatic carbocycles. The second-order valence-electron chi connectivity index (χ2n) is 4.04. The van der Waals surface area contributed by atoms with Crippen LogP contribution in [0.2, 0.25) is 0 Å². The summed E-state index contributed by atoms with van der Waals surface area (Å²) in [4.78, 5) is 17.1. The van der Waals surface area contributed by atoms with Gasteiger partial charge in [0.05, 0.1) is 13.3 Å². The molecule has 0 spiro atoms. The predicted molar refractivity (Wildman–Crippen MR) is 68.0 cm³/mol. The van der Waals surface area contributed by atoms with Gasteiger partial charge in [0.1, 0.15) is 0 Å². The van der Waals surface area contributed by atoms with Crippen molar-refractivity contribution in [3.05, 3.63) is 17.8 Å². The summed E-state index contributed by atoms with van der Waals surface area (Å²) in [7, 11) is 1.48. The standard InChI is InChI=1S/C11H12F3N3O2S/c1-19-8-6-15-9(20-8)16-10(18)17-4-2-7(3-5-17)11(12,13)14/h2,6H,3-5H2,1H3,(H,15,16,18). The van der Waals surface area contributed by atoms with Crippen LogP contribution in [0, 0.1) is 0 Å². The molecular weight excluding hydrogens is 295 g/mol. The van der Waals surface area contributed by atoms with Crippen LogP contribution < -0.4 is 10.1 Å². The number of alkyl halides is 3. The first-order chi connectivity index (χ1) is 9.40. The molecule has 20 heavy (non-hydrogen) atoms. The van der Waals surface area contributed by atoms with Crippen LogP contribution >= 0.6 is 11.3 Å². The van der Waals surface area contributed by atoms with Crippen molar-refractivity contribution >= 4 is 22.5 Å². The smallest absolute Gasteiger partial charge is 0.412 e. The maximum atomic E-state index is 12.4. The number of urea groups is 1. The molecule has 2 heterocycles. The lowest BCUT2D eigenvalue weighted by Gasteiger charge is -2.26. The third-order valence-corrected chi connectivity index (χ3v) is 3.63. The largest absolute Gasteiger partial charge is 0.486 e. The molecule has 1 aromatic heterocycles. The van der Waals surface area contributed by atoms with Crippen LogP contribution in [0.5, 0.6) is 5.06 Å². The second kappa shape index (κ2) is 5.70. The van der Waals surface area contributed by atoms with Crippen LogP contribution in [0.3, 0.4) is 0 Å². The van der Waals surface area contributed by atoms with E-state index in [9.17, 15) is 18.0 Å². The van der Waals surface area contributed by atoms with Gasteiger partial charge < -0.3 is 9.64 Å². The van der Waals surface area contributed by atoms with Gasteiger partial charge in [0, 0.05) is 18.7 Å². The summed E-state index contributed by atoms with van der Waals surface area (Å²) < 4.78 is 42.3. The number of thiazole rings is 1. The average molecular weight is 307 g/mol. The van der Waals surface area contributed by atoms with E-state index in [2.05, 4.69) is 10.3 Å². The minimum Gasteiger partial charge on any atom is -0.486 e. The number of halogens is 3. The normalized spacial score (nSPS) is 15.8. The lowest BCUT2D eigenvalue weighted by molar-refractivity contribution is -0.0955. The Hall–Kier alpha value is -1.77. The van der Waals surface area contributed by atoms with Crippen molar-refractivity contribution in [2.24, 2.45) is 0 Å². The number of nitrogens with zero attached hydrogens (tertiary/aromatic N) is 2. The summed E-state index contributed by atoms with van der Waals surface area (Å²) >= 11 is 1.14. The molecule has 1 aromatic rings. The Bertz CT molecular complexity index is 527. The Balaban J connectivity index is 1.93. The van der Waals surface area contributed by atoms with Crippen molar-refractivity contribution < 1.29 is 22.7 Å². The monoisotopic (exact) mass is 307 g/mol. The van der Waals surface area contributed by atoms with E-state index in [0.717, 1.165) is 17.4 Å². The van der Waals surface area contributed by atoms with Crippen LogP contribution in [-0.2, 0) is 0 Å². The fourth-order valence-electron chi connectivity index (χ4n) is 1.69. The molecule has 9 heteroatoms. The molecular formula is C11H12F3N3O2S. The number of carbonyl (C=O) groups is 1. The van der Waals surface area contributed by atoms with Crippen LogP contribution in [0.1, 0.15) is 6.42 Å². The van der Waals surface area contributed by atoms with Crippen LogP contribution in [0.4, 0.5) is 23.1 Å². The maximum absolute atomic E-state index is 12.4. The number of ether oxygens (including phenoxy) is 1. The summed E-state index contributed by atoms with van der Waals surface area (Å²) in [5.41, 5.74) is -0.586. The lowest BCUT2D eigenvalue weighted by atomic mass is 10.1. The molecule has 2 amide bonds. The molecule has 0 unspecified atom stereocenters. The van der Waals surface area contributed by atoms with Crippen molar-refractivity contribution in [3.63, 3.8) is 0 Å². The number of aromatic nitrogens is 1. The minimum absolute atomic E-state index is 0.0275. The molecule has 5 nitrogen and oxygen atoms in total. The summed E-state index contributed by atoms with van der Waals surface area (Å²) in [5.74, 6) is 0. The van der Waals surface area contributed by atoms with Crippen LogP contribution in [0.15, 0.2) is 17.8 Å². The Morgan fingerprint density at radius 3 is 2.80 bits per heavy atom. The number of hydrogen-bond donors (Lipinski definition) is 1. The molecule has 0 atom stereocenters. The zero-order valence-corrected chi connectivity index (χ0v) is 11.3. The maximum Gasteiger partial charge on any atom is 0.412 e. The first-order valence-electron chi connectivity index (χ1n) is 5.72. The number of nitrogens with one attached hydrogen (secondary N) is 1. The van der Waals surface area contributed by atoms with Gasteiger partial charge in [0.25, 0.3) is 0 Å². The molecule has 1 aliphatic heterocycles. The van der Waals surface area contributed by atoms with Crippen molar-refractivity contribution in [1.82, 2.24) is 9.88 Å². The molecule has 1 N–H and O–H groups in total. The van der Waals surface area contributed by atoms with E-state index in [1.54, 1.807) is 0 Å². The summed E-state index contributed by atoms with van der Waals surface area (Å²) in [6.45, 7) is -0.0388. The average Bonchev–Trinajstić information content (AvgIpc) is 2.85.